The number of piperidine rings is 1. The van der Waals surface area contributed by atoms with E-state index in [1.54, 1.807) is 6.33 Å². The molecule has 3 aliphatic heterocycles. The Hall–Kier alpha value is -1.69. The van der Waals surface area contributed by atoms with Crippen molar-refractivity contribution < 1.29 is 22.5 Å². The van der Waals surface area contributed by atoms with Crippen molar-refractivity contribution in [2.24, 2.45) is 0 Å². The molecule has 1 saturated carbocycles. The average Bonchev–Trinajstić information content (AvgIpc) is 3.51. The summed E-state index contributed by atoms with van der Waals surface area (Å²) in [5.74, 6) is 1.36. The molecule has 0 N–H and O–H groups in total. The molecule has 0 bridgehead atoms. The summed E-state index contributed by atoms with van der Waals surface area (Å²) in [6, 6.07) is 2.18. The first-order chi connectivity index (χ1) is 16.4. The van der Waals surface area contributed by atoms with E-state index in [9.17, 15) is 8.42 Å². The molecule has 5 heterocycles. The van der Waals surface area contributed by atoms with Crippen molar-refractivity contribution >= 4 is 33.9 Å². The fourth-order valence-corrected chi connectivity index (χ4v) is 7.62. The van der Waals surface area contributed by atoms with Crippen LogP contribution in [-0.4, -0.2) is 77.6 Å². The van der Waals surface area contributed by atoms with Crippen molar-refractivity contribution in [2.45, 2.75) is 87.4 Å². The Bertz CT molecular complexity index is 1240. The van der Waals surface area contributed by atoms with Gasteiger partial charge in [-0.2, -0.15) is 5.10 Å². The zero-order valence-electron chi connectivity index (χ0n) is 21.3. The zero-order chi connectivity index (χ0) is 24.8. The van der Waals surface area contributed by atoms with Gasteiger partial charge in [0.05, 0.1) is 35.3 Å². The van der Waals surface area contributed by atoms with Crippen molar-refractivity contribution in [1.29, 1.82) is 0 Å². The standard InChI is InChI=1S/C24H35BN4O5S/c1-22(2)23(3,4)34-25(33-22)19-12-18(16-6-7-16)20-21(26-15-27-29(19)20)28-10-8-17(9-11-28)35(30,31)24(5)13-32-14-24/h12,15-17H,6-11,13-14H2,1-5H3. The van der Waals surface area contributed by atoms with Crippen molar-refractivity contribution in [3.8, 4) is 0 Å². The van der Waals surface area contributed by atoms with Gasteiger partial charge in [0.15, 0.2) is 15.7 Å². The van der Waals surface area contributed by atoms with E-state index in [2.05, 4.69) is 43.8 Å². The largest absolute Gasteiger partial charge is 0.514 e. The van der Waals surface area contributed by atoms with Gasteiger partial charge in [-0.3, -0.25) is 0 Å². The zero-order valence-corrected chi connectivity index (χ0v) is 22.1. The summed E-state index contributed by atoms with van der Waals surface area (Å²) < 4.78 is 45.6. The normalized spacial score (nSPS) is 26.3. The van der Waals surface area contributed by atoms with Gasteiger partial charge >= 0.3 is 7.12 Å². The van der Waals surface area contributed by atoms with Crippen LogP contribution in [0.25, 0.3) is 5.52 Å². The van der Waals surface area contributed by atoms with E-state index in [4.69, 9.17) is 19.0 Å². The molecule has 0 atom stereocenters. The van der Waals surface area contributed by atoms with Crippen molar-refractivity contribution in [2.75, 3.05) is 31.2 Å². The third-order valence-corrected chi connectivity index (χ3v) is 11.7. The van der Waals surface area contributed by atoms with Gasteiger partial charge in [0.2, 0.25) is 0 Å². The van der Waals surface area contributed by atoms with Crippen LogP contribution in [0.2, 0.25) is 0 Å². The van der Waals surface area contributed by atoms with E-state index in [0.29, 0.717) is 45.1 Å². The van der Waals surface area contributed by atoms with Gasteiger partial charge in [-0.05, 0) is 77.8 Å². The van der Waals surface area contributed by atoms with E-state index in [-0.39, 0.29) is 5.25 Å². The highest BCUT2D eigenvalue weighted by atomic mass is 32.2. The number of hydrogen-bond acceptors (Lipinski definition) is 8. The molecule has 2 aromatic heterocycles. The van der Waals surface area contributed by atoms with Gasteiger partial charge < -0.3 is 18.9 Å². The lowest BCUT2D eigenvalue weighted by molar-refractivity contribution is -0.00546. The molecule has 190 valence electrons. The first-order valence-corrected chi connectivity index (χ1v) is 14.3. The van der Waals surface area contributed by atoms with Crippen LogP contribution >= 0.6 is 0 Å². The Labute approximate surface area is 207 Å². The van der Waals surface area contributed by atoms with E-state index < -0.39 is 32.9 Å². The molecule has 0 unspecified atom stereocenters. The Morgan fingerprint density at radius 1 is 1.00 bits per heavy atom. The lowest BCUT2D eigenvalue weighted by atomic mass is 9.84. The third-order valence-electron chi connectivity index (χ3n) is 8.79. The van der Waals surface area contributed by atoms with E-state index >= 15 is 0 Å². The maximum atomic E-state index is 13.2. The van der Waals surface area contributed by atoms with Gasteiger partial charge in [0, 0.05) is 13.1 Å². The van der Waals surface area contributed by atoms with Crippen LogP contribution < -0.4 is 10.5 Å². The van der Waals surface area contributed by atoms with Crippen molar-refractivity contribution in [3.05, 3.63) is 18.0 Å². The first-order valence-electron chi connectivity index (χ1n) is 12.7. The minimum atomic E-state index is -3.24. The second kappa shape index (κ2) is 7.66. The molecule has 3 saturated heterocycles. The predicted octanol–water partition coefficient (Wildman–Crippen LogP) is 2.08. The maximum Gasteiger partial charge on any atom is 0.514 e. The summed E-state index contributed by atoms with van der Waals surface area (Å²) in [5, 5.41) is 4.29. The molecular weight excluding hydrogens is 467 g/mol. The maximum absolute atomic E-state index is 13.2. The summed E-state index contributed by atoms with van der Waals surface area (Å²) in [5.41, 5.74) is 2.25. The molecule has 6 rings (SSSR count). The molecule has 0 radical (unpaired) electrons. The Balaban J connectivity index is 1.32. The van der Waals surface area contributed by atoms with Crippen molar-refractivity contribution in [1.82, 2.24) is 14.6 Å². The number of nitrogens with zero attached hydrogens (tertiary/aromatic N) is 4. The monoisotopic (exact) mass is 502 g/mol. The van der Waals surface area contributed by atoms with Crippen LogP contribution in [0.4, 0.5) is 5.82 Å². The smallest absolute Gasteiger partial charge is 0.398 e. The molecule has 1 aliphatic carbocycles. The number of anilines is 1. The van der Waals surface area contributed by atoms with E-state index in [1.807, 2.05) is 11.4 Å². The highest BCUT2D eigenvalue weighted by Crippen LogP contribution is 2.45. The summed E-state index contributed by atoms with van der Waals surface area (Å²) in [7, 11) is -3.75. The molecule has 0 aromatic carbocycles. The van der Waals surface area contributed by atoms with E-state index in [1.165, 1.54) is 5.56 Å². The lowest BCUT2D eigenvalue weighted by Crippen LogP contribution is -2.57. The Morgan fingerprint density at radius 2 is 1.63 bits per heavy atom. The minimum absolute atomic E-state index is 0.304. The second-order valence-electron chi connectivity index (χ2n) is 11.9. The Morgan fingerprint density at radius 3 is 2.17 bits per heavy atom. The summed E-state index contributed by atoms with van der Waals surface area (Å²) in [4.78, 5) is 6.93. The number of sulfone groups is 1. The Kier molecular flexibility index (Phi) is 5.19. The average molecular weight is 502 g/mol. The number of ether oxygens (including phenoxy) is 1. The van der Waals surface area contributed by atoms with Crippen LogP contribution in [0.1, 0.15) is 71.8 Å². The summed E-state index contributed by atoms with van der Waals surface area (Å²) >= 11 is 0. The van der Waals surface area contributed by atoms with Gasteiger partial charge in [0.25, 0.3) is 0 Å². The summed E-state index contributed by atoms with van der Waals surface area (Å²) in [6.07, 6.45) is 5.08. The summed E-state index contributed by atoms with van der Waals surface area (Å²) in [6.45, 7) is 11.9. The van der Waals surface area contributed by atoms with Gasteiger partial charge in [-0.15, -0.1) is 0 Å². The topological polar surface area (TPSA) is 95.3 Å². The molecule has 4 aliphatic rings. The van der Waals surface area contributed by atoms with Crippen LogP contribution in [-0.2, 0) is 23.9 Å². The number of fused-ring (bicyclic) bond motifs is 1. The van der Waals surface area contributed by atoms with Crippen LogP contribution in [0, 0.1) is 0 Å². The minimum Gasteiger partial charge on any atom is -0.398 e. The van der Waals surface area contributed by atoms with Crippen LogP contribution in [0.5, 0.6) is 0 Å². The fraction of sp³-hybridized carbons (Fsp3) is 0.750. The SMILES string of the molecule is CC1(C)OB(c2cc(C3CC3)c3c(N4CCC(S(=O)(=O)C5(C)COC5)CC4)ncnn23)OC1(C)C. The molecule has 0 amide bonds. The highest BCUT2D eigenvalue weighted by Gasteiger charge is 2.54. The van der Waals surface area contributed by atoms with Crippen molar-refractivity contribution in [3.63, 3.8) is 0 Å². The number of aromatic nitrogens is 3. The van der Waals surface area contributed by atoms with Crippen LogP contribution in [0.15, 0.2) is 12.4 Å². The van der Waals surface area contributed by atoms with Crippen LogP contribution in [0.3, 0.4) is 0 Å². The third kappa shape index (κ3) is 3.56. The van der Waals surface area contributed by atoms with Gasteiger partial charge in [-0.25, -0.2) is 17.9 Å². The molecule has 2 aromatic rings. The molecule has 9 nitrogen and oxygen atoms in total. The lowest BCUT2D eigenvalue weighted by Gasteiger charge is -2.42. The highest BCUT2D eigenvalue weighted by molar-refractivity contribution is 7.93. The number of hydrogen-bond donors (Lipinski definition) is 0. The van der Waals surface area contributed by atoms with E-state index in [0.717, 1.165) is 29.8 Å². The number of rotatable bonds is 5. The molecule has 11 heteroatoms. The molecule has 35 heavy (non-hydrogen) atoms. The van der Waals surface area contributed by atoms with Gasteiger partial charge in [0.1, 0.15) is 16.6 Å². The first kappa shape index (κ1) is 23.7. The fourth-order valence-electron chi connectivity index (χ4n) is 5.48. The van der Waals surface area contributed by atoms with Gasteiger partial charge in [-0.1, -0.05) is 0 Å². The molecule has 0 spiro atoms. The predicted molar refractivity (Wildman–Crippen MR) is 134 cm³/mol. The quantitative estimate of drug-likeness (QED) is 0.574. The molecule has 4 fully saturated rings. The molecular formula is C24H35BN4O5S. The second-order valence-corrected chi connectivity index (χ2v) is 14.6.